The molecule has 1 amide bonds. The first-order chi connectivity index (χ1) is 11.9. The first-order valence-corrected chi connectivity index (χ1v) is 8.79. The molecule has 6 nitrogen and oxygen atoms in total. The van der Waals surface area contributed by atoms with Crippen LogP contribution in [0.15, 0.2) is 18.2 Å². The Bertz CT molecular complexity index is 903. The zero-order valence-electron chi connectivity index (χ0n) is 13.2. The molecule has 2 aliphatic rings. The number of hydrogen-bond acceptors (Lipinski definition) is 3. The van der Waals surface area contributed by atoms with E-state index in [2.05, 4.69) is 10.4 Å². The number of amides is 1. The molecule has 0 atom stereocenters. The van der Waals surface area contributed by atoms with Crippen molar-refractivity contribution in [2.45, 2.75) is 37.6 Å². The fourth-order valence-electron chi connectivity index (χ4n) is 3.27. The third-order valence-corrected chi connectivity index (χ3v) is 5.33. The molecule has 25 heavy (non-hydrogen) atoms. The van der Waals surface area contributed by atoms with E-state index < -0.39 is 17.4 Å². The first-order valence-electron chi connectivity index (χ1n) is 8.03. The Balaban J connectivity index is 1.73. The maximum atomic E-state index is 12.6. The van der Waals surface area contributed by atoms with Crippen molar-refractivity contribution >= 4 is 35.1 Å². The Morgan fingerprint density at radius 2 is 2.00 bits per heavy atom. The lowest BCUT2D eigenvalue weighted by Gasteiger charge is -2.11. The van der Waals surface area contributed by atoms with Crippen LogP contribution in [-0.2, 0) is 17.6 Å². The van der Waals surface area contributed by atoms with Gasteiger partial charge in [0.2, 0.25) is 0 Å². The van der Waals surface area contributed by atoms with Crippen LogP contribution in [0.1, 0.15) is 41.0 Å². The van der Waals surface area contributed by atoms with E-state index in [9.17, 15) is 14.7 Å². The van der Waals surface area contributed by atoms with Gasteiger partial charge >= 0.3 is 5.97 Å². The van der Waals surface area contributed by atoms with Gasteiger partial charge in [0.15, 0.2) is 5.69 Å². The van der Waals surface area contributed by atoms with E-state index in [1.54, 1.807) is 22.9 Å². The van der Waals surface area contributed by atoms with Crippen molar-refractivity contribution in [3.63, 3.8) is 0 Å². The number of nitrogens with zero attached hydrogens (tertiary/aromatic N) is 2. The molecule has 0 radical (unpaired) electrons. The lowest BCUT2D eigenvalue weighted by atomic mass is 10.1. The number of nitrogens with one attached hydrogen (secondary N) is 1. The summed E-state index contributed by atoms with van der Waals surface area (Å²) < 4.78 is 1.68. The zero-order chi connectivity index (χ0) is 17.8. The van der Waals surface area contributed by atoms with Gasteiger partial charge in [-0.25, -0.2) is 9.48 Å². The van der Waals surface area contributed by atoms with Crippen molar-refractivity contribution in [3.8, 4) is 5.69 Å². The SMILES string of the molecule is O=C(NC1(C(=O)O)CC1)c1nn(-c2ccc(Cl)cc2Cl)c2c1CCC2. The summed E-state index contributed by atoms with van der Waals surface area (Å²) in [5.74, 6) is -1.44. The number of carboxylic acids is 1. The van der Waals surface area contributed by atoms with Crippen LogP contribution < -0.4 is 5.32 Å². The Hall–Kier alpha value is -2.05. The standard InChI is InChI=1S/C17H15Cl2N3O3/c18-9-4-5-13(11(19)8-9)22-12-3-1-2-10(12)14(21-22)15(23)20-17(6-7-17)16(24)25/h4-5,8H,1-3,6-7H2,(H,20,23)(H,24,25). The van der Waals surface area contributed by atoms with Gasteiger partial charge in [-0.2, -0.15) is 5.10 Å². The van der Waals surface area contributed by atoms with Crippen LogP contribution in [0.3, 0.4) is 0 Å². The molecule has 1 heterocycles. The Labute approximate surface area is 153 Å². The number of benzene rings is 1. The minimum atomic E-state index is -1.13. The molecule has 1 aromatic carbocycles. The van der Waals surface area contributed by atoms with Crippen LogP contribution in [0.25, 0.3) is 5.69 Å². The highest BCUT2D eigenvalue weighted by atomic mass is 35.5. The van der Waals surface area contributed by atoms with Crippen LogP contribution in [0.4, 0.5) is 0 Å². The lowest BCUT2D eigenvalue weighted by molar-refractivity contribution is -0.140. The van der Waals surface area contributed by atoms with Gasteiger partial charge in [0.25, 0.3) is 5.91 Å². The van der Waals surface area contributed by atoms with Crippen LogP contribution in [0.2, 0.25) is 10.0 Å². The van der Waals surface area contributed by atoms with E-state index in [0.29, 0.717) is 28.6 Å². The molecular formula is C17H15Cl2N3O3. The van der Waals surface area contributed by atoms with Crippen LogP contribution in [0.5, 0.6) is 0 Å². The maximum Gasteiger partial charge on any atom is 0.329 e. The molecule has 4 rings (SSSR count). The predicted octanol–water partition coefficient (Wildman–Crippen LogP) is 3.01. The fourth-order valence-corrected chi connectivity index (χ4v) is 3.75. The molecule has 2 aliphatic carbocycles. The van der Waals surface area contributed by atoms with Crippen LogP contribution in [-0.4, -0.2) is 32.3 Å². The highest BCUT2D eigenvalue weighted by Gasteiger charge is 2.52. The van der Waals surface area contributed by atoms with Gasteiger partial charge in [0.1, 0.15) is 5.54 Å². The van der Waals surface area contributed by atoms with Gasteiger partial charge in [-0.05, 0) is 50.3 Å². The summed E-state index contributed by atoms with van der Waals surface area (Å²) in [6.07, 6.45) is 3.34. The van der Waals surface area contributed by atoms with Gasteiger partial charge in [0.05, 0.1) is 10.7 Å². The molecule has 2 aromatic rings. The van der Waals surface area contributed by atoms with E-state index in [1.807, 2.05) is 0 Å². The smallest absolute Gasteiger partial charge is 0.329 e. The summed E-state index contributed by atoms with van der Waals surface area (Å²) in [5.41, 5.74) is 1.61. The second kappa shape index (κ2) is 5.75. The summed E-state index contributed by atoms with van der Waals surface area (Å²) in [6.45, 7) is 0. The minimum absolute atomic E-state index is 0.283. The number of carbonyl (C=O) groups is 2. The second-order valence-corrected chi connectivity index (χ2v) is 7.32. The van der Waals surface area contributed by atoms with E-state index in [1.165, 1.54) is 0 Å². The molecular weight excluding hydrogens is 365 g/mol. The highest BCUT2D eigenvalue weighted by molar-refractivity contribution is 6.35. The summed E-state index contributed by atoms with van der Waals surface area (Å²) >= 11 is 12.2. The molecule has 1 fully saturated rings. The molecule has 1 saturated carbocycles. The van der Waals surface area contributed by atoms with Gasteiger partial charge < -0.3 is 10.4 Å². The van der Waals surface area contributed by atoms with E-state index in [0.717, 1.165) is 30.5 Å². The quantitative estimate of drug-likeness (QED) is 0.854. The number of aliphatic carboxylic acids is 1. The number of hydrogen-bond donors (Lipinski definition) is 2. The Kier molecular flexibility index (Phi) is 3.77. The van der Waals surface area contributed by atoms with Crippen molar-refractivity contribution < 1.29 is 14.7 Å². The van der Waals surface area contributed by atoms with Gasteiger partial charge in [0, 0.05) is 16.3 Å². The molecule has 130 valence electrons. The van der Waals surface area contributed by atoms with Gasteiger partial charge in [-0.15, -0.1) is 0 Å². The number of aromatic nitrogens is 2. The Morgan fingerprint density at radius 3 is 2.64 bits per heavy atom. The maximum absolute atomic E-state index is 12.6. The number of carbonyl (C=O) groups excluding carboxylic acids is 1. The molecule has 0 saturated heterocycles. The van der Waals surface area contributed by atoms with Crippen molar-refractivity contribution in [3.05, 3.63) is 45.2 Å². The van der Waals surface area contributed by atoms with Crippen molar-refractivity contribution in [1.82, 2.24) is 15.1 Å². The second-order valence-electron chi connectivity index (χ2n) is 6.48. The molecule has 8 heteroatoms. The summed E-state index contributed by atoms with van der Waals surface area (Å²) in [5, 5.41) is 17.3. The molecule has 0 bridgehead atoms. The monoisotopic (exact) mass is 379 g/mol. The number of fused-ring (bicyclic) bond motifs is 1. The summed E-state index contributed by atoms with van der Waals surface area (Å²) in [7, 11) is 0. The van der Waals surface area contributed by atoms with Gasteiger partial charge in [-0.3, -0.25) is 4.79 Å². The number of rotatable bonds is 4. The number of carboxylic acid groups (broad SMARTS) is 1. The van der Waals surface area contributed by atoms with Gasteiger partial charge in [-0.1, -0.05) is 23.2 Å². The molecule has 1 aromatic heterocycles. The minimum Gasteiger partial charge on any atom is -0.480 e. The summed E-state index contributed by atoms with van der Waals surface area (Å²) in [6, 6.07) is 5.11. The average molecular weight is 380 g/mol. The fraction of sp³-hybridized carbons (Fsp3) is 0.353. The predicted molar refractivity (Wildman–Crippen MR) is 92.7 cm³/mol. The topological polar surface area (TPSA) is 84.2 Å². The lowest BCUT2D eigenvalue weighted by Crippen LogP contribution is -2.43. The average Bonchev–Trinajstić information content (AvgIpc) is 3.03. The normalized spacial score (nSPS) is 17.2. The Morgan fingerprint density at radius 1 is 1.24 bits per heavy atom. The van der Waals surface area contributed by atoms with Crippen molar-refractivity contribution in [1.29, 1.82) is 0 Å². The van der Waals surface area contributed by atoms with Crippen LogP contribution in [0, 0.1) is 0 Å². The van der Waals surface area contributed by atoms with Crippen LogP contribution >= 0.6 is 23.2 Å². The third-order valence-electron chi connectivity index (χ3n) is 4.80. The molecule has 0 unspecified atom stereocenters. The van der Waals surface area contributed by atoms with E-state index in [4.69, 9.17) is 23.2 Å². The largest absolute Gasteiger partial charge is 0.480 e. The third kappa shape index (κ3) is 2.69. The molecule has 2 N–H and O–H groups in total. The van der Waals surface area contributed by atoms with Crippen molar-refractivity contribution in [2.75, 3.05) is 0 Å². The van der Waals surface area contributed by atoms with E-state index in [-0.39, 0.29) is 5.69 Å². The highest BCUT2D eigenvalue weighted by Crippen LogP contribution is 2.37. The molecule has 0 spiro atoms. The van der Waals surface area contributed by atoms with E-state index >= 15 is 0 Å². The summed E-state index contributed by atoms with van der Waals surface area (Å²) in [4.78, 5) is 24.0. The first kappa shape index (κ1) is 16.4. The number of halogens is 2. The van der Waals surface area contributed by atoms with Crippen molar-refractivity contribution in [2.24, 2.45) is 0 Å². The zero-order valence-corrected chi connectivity index (χ0v) is 14.7. The molecule has 0 aliphatic heterocycles.